The Morgan fingerprint density at radius 3 is 2.21 bits per heavy atom. The largest absolute Gasteiger partial charge is 1.00 e. The molecule has 0 unspecified atom stereocenters. The molecule has 4 radical (unpaired) electrons. The summed E-state index contributed by atoms with van der Waals surface area (Å²) in [6.07, 6.45) is -3.26. The van der Waals surface area contributed by atoms with Crippen molar-refractivity contribution in [2.45, 2.75) is 97.2 Å². The normalized spacial score (nSPS) is 16.5. The molecule has 1 saturated heterocycles. The average molecular weight is 735 g/mol. The maximum Gasteiger partial charge on any atom is 1.00 e. The van der Waals surface area contributed by atoms with Crippen LogP contribution in [0.2, 0.25) is 0 Å². The van der Waals surface area contributed by atoms with Gasteiger partial charge in [0.2, 0.25) is 5.88 Å². The van der Waals surface area contributed by atoms with E-state index in [2.05, 4.69) is 15.6 Å². The minimum Gasteiger partial charge on any atom is -1.00 e. The van der Waals surface area contributed by atoms with E-state index >= 15 is 13.2 Å². The minimum absolute atomic E-state index is 0. The Hall–Kier alpha value is -3.95. The van der Waals surface area contributed by atoms with Crippen molar-refractivity contribution < 1.29 is 76.1 Å². The topological polar surface area (TPSA) is 128 Å². The predicted octanol–water partition coefficient (Wildman–Crippen LogP) is 4.06. The molecule has 1 fully saturated rings. The molecule has 2 heterocycles. The minimum atomic E-state index is -3.62. The van der Waals surface area contributed by atoms with E-state index in [1.807, 2.05) is 0 Å². The van der Waals surface area contributed by atoms with Gasteiger partial charge in [0.25, 0.3) is 5.92 Å². The van der Waals surface area contributed by atoms with E-state index in [0.29, 0.717) is 16.8 Å². The van der Waals surface area contributed by atoms with Crippen LogP contribution in [0.5, 0.6) is 11.6 Å². The maximum atomic E-state index is 16.1. The molecule has 0 saturated carbocycles. The molecule has 1 aliphatic rings. The standard InChI is InChI=1S/C36H43F3N4O7.B.Na/c1-22-16-17-25(19-40-31(44)49-34(2,3)4)41-30(22)48-27-15-11-14-24(28(27)37)18-26-29(42-32(45)47-20-23-12-9-8-10-13-23)36(38,39)21-43(26)33(46)50-35(5,6)7;;/h8-17,26,29H,18-21H2,1-7H3,(H,40,44)(H,42,45);;/q;-1;+1/t26-,29+;;/m0../s1. The van der Waals surface area contributed by atoms with Crippen LogP contribution in [-0.2, 0) is 33.8 Å². The number of ether oxygens (including phenoxy) is 4. The van der Waals surface area contributed by atoms with Crippen molar-refractivity contribution >= 4 is 26.7 Å². The van der Waals surface area contributed by atoms with E-state index in [1.54, 1.807) is 90.9 Å². The number of alkyl carbamates (subject to hydrolysis) is 2. The summed E-state index contributed by atoms with van der Waals surface area (Å²) in [6, 6.07) is 12.8. The molecule has 2 aromatic carbocycles. The molecule has 11 nitrogen and oxygen atoms in total. The second-order valence-corrected chi connectivity index (χ2v) is 13.9. The third-order valence-corrected chi connectivity index (χ3v) is 7.34. The summed E-state index contributed by atoms with van der Waals surface area (Å²) in [5, 5.41) is 4.81. The number of pyridine rings is 1. The van der Waals surface area contributed by atoms with Gasteiger partial charge in [0, 0.05) is 5.56 Å². The molecule has 2 N–H and O–H groups in total. The molecule has 1 aromatic heterocycles. The number of carbonyl (C=O) groups is 3. The van der Waals surface area contributed by atoms with Gasteiger partial charge in [0.15, 0.2) is 11.6 Å². The molecule has 274 valence electrons. The van der Waals surface area contributed by atoms with Crippen LogP contribution in [0.15, 0.2) is 60.7 Å². The average Bonchev–Trinajstić information content (AvgIpc) is 3.26. The fourth-order valence-electron chi connectivity index (χ4n) is 5.10. The van der Waals surface area contributed by atoms with Crippen molar-refractivity contribution in [1.29, 1.82) is 0 Å². The van der Waals surface area contributed by atoms with Gasteiger partial charge in [-0.3, -0.25) is 4.90 Å². The zero-order valence-corrected chi connectivity index (χ0v) is 32.7. The van der Waals surface area contributed by atoms with Crippen molar-refractivity contribution in [2.24, 2.45) is 0 Å². The van der Waals surface area contributed by atoms with Gasteiger partial charge in [-0.05, 0) is 78.1 Å². The molecule has 16 heteroatoms. The number of alkyl halides is 2. The van der Waals surface area contributed by atoms with Crippen LogP contribution in [0.4, 0.5) is 27.6 Å². The van der Waals surface area contributed by atoms with Crippen LogP contribution in [0, 0.1) is 12.7 Å². The van der Waals surface area contributed by atoms with Crippen LogP contribution in [0.1, 0.15) is 63.9 Å². The number of nitrogens with zero attached hydrogens (tertiary/aromatic N) is 2. The van der Waals surface area contributed by atoms with E-state index in [9.17, 15) is 14.4 Å². The van der Waals surface area contributed by atoms with Crippen molar-refractivity contribution in [3.05, 3.63) is 88.9 Å². The molecule has 52 heavy (non-hydrogen) atoms. The van der Waals surface area contributed by atoms with Crippen LogP contribution >= 0.6 is 0 Å². The van der Waals surface area contributed by atoms with E-state index in [0.717, 1.165) is 4.90 Å². The fraction of sp³-hybridized carbons (Fsp3) is 0.444. The summed E-state index contributed by atoms with van der Waals surface area (Å²) < 4.78 is 69.0. The number of likely N-dealkylation sites (tertiary alicyclic amines) is 1. The van der Waals surface area contributed by atoms with E-state index in [4.69, 9.17) is 18.9 Å². The van der Waals surface area contributed by atoms with E-state index < -0.39 is 66.3 Å². The van der Waals surface area contributed by atoms with Crippen molar-refractivity contribution in [3.63, 3.8) is 0 Å². The summed E-state index contributed by atoms with van der Waals surface area (Å²) in [5.41, 5.74) is -0.174. The predicted molar refractivity (Wildman–Crippen MR) is 183 cm³/mol. The third-order valence-electron chi connectivity index (χ3n) is 7.34. The smallest absolute Gasteiger partial charge is 1.00 e. The zero-order chi connectivity index (χ0) is 36.9. The van der Waals surface area contributed by atoms with Gasteiger partial charge in [-0.1, -0.05) is 48.5 Å². The number of hydrogen-bond donors (Lipinski definition) is 2. The summed E-state index contributed by atoms with van der Waals surface area (Å²) in [4.78, 5) is 43.2. The molecule has 3 amide bonds. The Morgan fingerprint density at radius 1 is 0.923 bits per heavy atom. The number of carbonyl (C=O) groups excluding carboxylic acids is 3. The van der Waals surface area contributed by atoms with Crippen LogP contribution in [-0.4, -0.2) is 72.3 Å². The second-order valence-electron chi connectivity index (χ2n) is 13.9. The Bertz CT molecular complexity index is 1690. The monoisotopic (exact) mass is 734 g/mol. The summed E-state index contributed by atoms with van der Waals surface area (Å²) in [5.74, 6) is -4.70. The zero-order valence-electron chi connectivity index (χ0n) is 30.7. The van der Waals surface area contributed by atoms with Gasteiger partial charge in [-0.2, -0.15) is 0 Å². The van der Waals surface area contributed by atoms with E-state index in [-0.39, 0.29) is 68.3 Å². The van der Waals surface area contributed by atoms with Gasteiger partial charge in [-0.15, -0.1) is 0 Å². The number of aromatic nitrogens is 1. The molecule has 0 aliphatic carbocycles. The fourth-order valence-corrected chi connectivity index (χ4v) is 5.10. The molecule has 0 spiro atoms. The maximum absolute atomic E-state index is 16.1. The molecule has 2 atom stereocenters. The van der Waals surface area contributed by atoms with Crippen molar-refractivity contribution in [3.8, 4) is 11.6 Å². The molecule has 3 aromatic rings. The van der Waals surface area contributed by atoms with Gasteiger partial charge in [0.1, 0.15) is 23.9 Å². The van der Waals surface area contributed by atoms with Gasteiger partial charge < -0.3 is 38.0 Å². The van der Waals surface area contributed by atoms with Gasteiger partial charge in [-0.25, -0.2) is 32.5 Å². The Labute approximate surface area is 326 Å². The summed E-state index contributed by atoms with van der Waals surface area (Å²) in [6.45, 7) is 10.4. The number of halogens is 3. The quantitative estimate of drug-likeness (QED) is 0.249. The third kappa shape index (κ3) is 12.6. The number of benzene rings is 2. The molecular formula is C36H43BF3N4NaO7. The Kier molecular flexibility index (Phi) is 15.5. The SMILES string of the molecule is Cc1ccc(CNC(=O)OC(C)(C)C)nc1Oc1cccc(C[C@H]2[C@@H](NC(=O)OCc3ccccc3)C(F)(F)CN2C(=O)OC(C)(C)C)c1F.[B-].[Na+]. The first kappa shape index (κ1) is 44.2. The molecule has 0 bridgehead atoms. The molecule has 4 rings (SSSR count). The molecule has 1 aliphatic heterocycles. The van der Waals surface area contributed by atoms with Gasteiger partial charge in [0.05, 0.1) is 24.8 Å². The van der Waals surface area contributed by atoms with E-state index in [1.165, 1.54) is 18.2 Å². The summed E-state index contributed by atoms with van der Waals surface area (Å²) >= 11 is 0. The molecular weight excluding hydrogens is 691 g/mol. The first-order valence-corrected chi connectivity index (χ1v) is 16.0. The number of nitrogens with one attached hydrogen (secondary N) is 2. The number of amides is 3. The van der Waals surface area contributed by atoms with Crippen molar-refractivity contribution in [1.82, 2.24) is 20.5 Å². The first-order chi connectivity index (χ1) is 23.3. The number of aryl methyl sites for hydroxylation is 1. The van der Waals surface area contributed by atoms with Crippen molar-refractivity contribution in [2.75, 3.05) is 6.54 Å². The number of rotatable bonds is 9. The first-order valence-electron chi connectivity index (χ1n) is 16.0. The van der Waals surface area contributed by atoms with Gasteiger partial charge >= 0.3 is 47.8 Å². The Morgan fingerprint density at radius 2 is 1.58 bits per heavy atom. The Balaban J connectivity index is 0.00000468. The number of hydrogen-bond acceptors (Lipinski definition) is 8. The van der Waals surface area contributed by atoms with Crippen LogP contribution in [0.25, 0.3) is 0 Å². The summed E-state index contributed by atoms with van der Waals surface area (Å²) in [7, 11) is 0. The van der Waals surface area contributed by atoms with Crippen LogP contribution < -0.4 is 44.9 Å². The van der Waals surface area contributed by atoms with Crippen LogP contribution in [0.3, 0.4) is 0 Å². The second kappa shape index (κ2) is 18.2.